The molecule has 0 spiro atoms. The van der Waals surface area contributed by atoms with Crippen molar-refractivity contribution in [3.8, 4) is 0 Å². The van der Waals surface area contributed by atoms with E-state index < -0.39 is 10.0 Å². The smallest absolute Gasteiger partial charge is 0.207 e. The van der Waals surface area contributed by atoms with Crippen LogP contribution in [0, 0.1) is 6.92 Å². The summed E-state index contributed by atoms with van der Waals surface area (Å²) in [6.45, 7) is 8.42. The van der Waals surface area contributed by atoms with E-state index in [1.807, 2.05) is 32.9 Å². The molecule has 0 heterocycles. The molecule has 3 rings (SSSR count). The van der Waals surface area contributed by atoms with Gasteiger partial charge in [-0.3, -0.25) is 0 Å². The second-order valence-electron chi connectivity index (χ2n) is 7.38. The fourth-order valence-electron chi connectivity index (χ4n) is 3.55. The lowest BCUT2D eigenvalue weighted by atomic mass is 9.93. The van der Waals surface area contributed by atoms with Gasteiger partial charge in [0, 0.05) is 12.6 Å². The number of hydrogen-bond donors (Lipinski definition) is 0. The SMILES string of the molecule is CC1=CC2=C(CCN(C(C)C)S(=O)(=O)c3ccc(C)cc3)C=CCC2=C1. The first-order chi connectivity index (χ1) is 12.3. The first kappa shape index (κ1) is 18.9. The molecule has 0 aromatic heterocycles. The van der Waals surface area contributed by atoms with Crippen LogP contribution in [0.4, 0.5) is 0 Å². The van der Waals surface area contributed by atoms with Crippen molar-refractivity contribution in [2.24, 2.45) is 0 Å². The van der Waals surface area contributed by atoms with E-state index in [-0.39, 0.29) is 6.04 Å². The molecule has 138 valence electrons. The van der Waals surface area contributed by atoms with Crippen molar-refractivity contribution in [2.45, 2.75) is 51.5 Å². The second-order valence-corrected chi connectivity index (χ2v) is 9.27. The van der Waals surface area contributed by atoms with E-state index in [1.54, 1.807) is 16.4 Å². The summed E-state index contributed by atoms with van der Waals surface area (Å²) >= 11 is 0. The highest BCUT2D eigenvalue weighted by atomic mass is 32.2. The topological polar surface area (TPSA) is 37.4 Å². The summed E-state index contributed by atoms with van der Waals surface area (Å²) in [6, 6.07) is 7.01. The Morgan fingerprint density at radius 2 is 1.77 bits per heavy atom. The number of aryl methyl sites for hydroxylation is 1. The minimum Gasteiger partial charge on any atom is -0.207 e. The van der Waals surface area contributed by atoms with Crippen LogP contribution in [0.25, 0.3) is 0 Å². The number of hydrogen-bond acceptors (Lipinski definition) is 2. The van der Waals surface area contributed by atoms with Gasteiger partial charge in [-0.15, -0.1) is 0 Å². The van der Waals surface area contributed by atoms with Gasteiger partial charge in [-0.2, -0.15) is 4.31 Å². The zero-order valence-corrected chi connectivity index (χ0v) is 16.8. The Labute approximate surface area is 157 Å². The van der Waals surface area contributed by atoms with E-state index in [4.69, 9.17) is 0 Å². The maximum absolute atomic E-state index is 13.1. The van der Waals surface area contributed by atoms with Gasteiger partial charge in [0.25, 0.3) is 0 Å². The number of sulfonamides is 1. The minimum absolute atomic E-state index is 0.0876. The van der Waals surface area contributed by atoms with Gasteiger partial charge in [0.1, 0.15) is 0 Å². The van der Waals surface area contributed by atoms with E-state index in [0.717, 1.165) is 18.4 Å². The number of allylic oxidation sites excluding steroid dienone is 7. The van der Waals surface area contributed by atoms with E-state index in [2.05, 4.69) is 31.2 Å². The molecule has 0 radical (unpaired) electrons. The molecule has 0 amide bonds. The zero-order valence-electron chi connectivity index (χ0n) is 16.0. The molecule has 26 heavy (non-hydrogen) atoms. The Kier molecular flexibility index (Phi) is 5.35. The Morgan fingerprint density at radius 1 is 1.08 bits per heavy atom. The largest absolute Gasteiger partial charge is 0.243 e. The normalized spacial score (nSPS) is 17.0. The predicted octanol–water partition coefficient (Wildman–Crippen LogP) is 4.93. The van der Waals surface area contributed by atoms with Gasteiger partial charge in [0.2, 0.25) is 10.0 Å². The maximum Gasteiger partial charge on any atom is 0.243 e. The highest BCUT2D eigenvalue weighted by molar-refractivity contribution is 7.89. The van der Waals surface area contributed by atoms with Gasteiger partial charge >= 0.3 is 0 Å². The van der Waals surface area contributed by atoms with Gasteiger partial charge in [-0.25, -0.2) is 8.42 Å². The lowest BCUT2D eigenvalue weighted by Crippen LogP contribution is -2.37. The molecular weight excluding hydrogens is 342 g/mol. The molecular formula is C22H27NO2S. The molecule has 0 aliphatic heterocycles. The van der Waals surface area contributed by atoms with Crippen molar-refractivity contribution < 1.29 is 8.42 Å². The van der Waals surface area contributed by atoms with Crippen LogP contribution < -0.4 is 0 Å². The Morgan fingerprint density at radius 3 is 2.42 bits per heavy atom. The van der Waals surface area contributed by atoms with Crippen LogP contribution in [0.5, 0.6) is 0 Å². The molecule has 0 saturated heterocycles. The molecule has 4 heteroatoms. The summed E-state index contributed by atoms with van der Waals surface area (Å²) in [5.41, 5.74) is 6.18. The standard InChI is InChI=1S/C22H27NO2S/c1-16(2)23(26(24,25)21-10-8-17(3)9-11-21)13-12-19-6-5-7-20-14-18(4)15-22(19)20/h5-6,8-11,14-16H,7,12-13H2,1-4H3. The Balaban J connectivity index is 1.84. The highest BCUT2D eigenvalue weighted by Crippen LogP contribution is 2.34. The van der Waals surface area contributed by atoms with Gasteiger partial charge in [-0.1, -0.05) is 47.6 Å². The van der Waals surface area contributed by atoms with Gasteiger partial charge in [0.05, 0.1) is 4.90 Å². The van der Waals surface area contributed by atoms with Crippen molar-refractivity contribution in [3.63, 3.8) is 0 Å². The van der Waals surface area contributed by atoms with Gasteiger partial charge in [-0.05, 0) is 69.4 Å². The third-order valence-corrected chi connectivity index (χ3v) is 7.02. The van der Waals surface area contributed by atoms with Crippen molar-refractivity contribution >= 4 is 10.0 Å². The third-order valence-electron chi connectivity index (χ3n) is 4.93. The summed E-state index contributed by atoms with van der Waals surface area (Å²) in [5, 5.41) is 0. The number of fused-ring (bicyclic) bond motifs is 1. The number of benzene rings is 1. The maximum atomic E-state index is 13.1. The van der Waals surface area contributed by atoms with Crippen molar-refractivity contribution in [1.82, 2.24) is 4.31 Å². The Bertz CT molecular complexity index is 913. The highest BCUT2D eigenvalue weighted by Gasteiger charge is 2.27. The molecule has 1 aromatic rings. The van der Waals surface area contributed by atoms with Crippen LogP contribution in [0.1, 0.15) is 39.2 Å². The van der Waals surface area contributed by atoms with E-state index >= 15 is 0 Å². The summed E-state index contributed by atoms with van der Waals surface area (Å²) in [4.78, 5) is 0.367. The molecule has 2 aliphatic carbocycles. The molecule has 0 atom stereocenters. The molecule has 0 fully saturated rings. The minimum atomic E-state index is -3.49. The number of rotatable bonds is 6. The molecule has 0 saturated carbocycles. The van der Waals surface area contributed by atoms with Crippen LogP contribution in [-0.4, -0.2) is 25.3 Å². The van der Waals surface area contributed by atoms with Crippen molar-refractivity contribution in [3.05, 3.63) is 76.4 Å². The van der Waals surface area contributed by atoms with Crippen LogP contribution in [0.2, 0.25) is 0 Å². The summed E-state index contributed by atoms with van der Waals surface area (Å²) in [7, 11) is -3.49. The lowest BCUT2D eigenvalue weighted by molar-refractivity contribution is 0.357. The van der Waals surface area contributed by atoms with E-state index in [0.29, 0.717) is 11.4 Å². The van der Waals surface area contributed by atoms with Crippen molar-refractivity contribution in [1.29, 1.82) is 0 Å². The first-order valence-corrected chi connectivity index (χ1v) is 10.6. The van der Waals surface area contributed by atoms with Crippen LogP contribution >= 0.6 is 0 Å². The molecule has 1 aromatic carbocycles. The summed E-state index contributed by atoms with van der Waals surface area (Å²) < 4.78 is 27.8. The lowest BCUT2D eigenvalue weighted by Gasteiger charge is -2.27. The van der Waals surface area contributed by atoms with Gasteiger partial charge < -0.3 is 0 Å². The second kappa shape index (κ2) is 7.37. The quantitative estimate of drug-likeness (QED) is 0.713. The molecule has 3 nitrogen and oxygen atoms in total. The number of nitrogens with zero attached hydrogens (tertiary/aromatic N) is 1. The van der Waals surface area contributed by atoms with Crippen molar-refractivity contribution in [2.75, 3.05) is 6.54 Å². The average molecular weight is 370 g/mol. The summed E-state index contributed by atoms with van der Waals surface area (Å²) in [5.74, 6) is 0. The summed E-state index contributed by atoms with van der Waals surface area (Å²) in [6.07, 6.45) is 10.4. The monoisotopic (exact) mass is 369 g/mol. The molecule has 2 aliphatic rings. The zero-order chi connectivity index (χ0) is 18.9. The average Bonchev–Trinajstić information content (AvgIpc) is 2.96. The first-order valence-electron chi connectivity index (χ1n) is 9.16. The third kappa shape index (κ3) is 3.76. The van der Waals surface area contributed by atoms with E-state index in [1.165, 1.54) is 22.3 Å². The fraction of sp³-hybridized carbons (Fsp3) is 0.364. The molecule has 0 N–H and O–H groups in total. The van der Waals surface area contributed by atoms with Gasteiger partial charge in [0.15, 0.2) is 0 Å². The van der Waals surface area contributed by atoms with Crippen LogP contribution in [0.15, 0.2) is 75.8 Å². The molecule has 0 bridgehead atoms. The van der Waals surface area contributed by atoms with Crippen LogP contribution in [0.3, 0.4) is 0 Å². The Hall–Kier alpha value is -1.91. The van der Waals surface area contributed by atoms with E-state index in [9.17, 15) is 8.42 Å². The molecule has 0 unspecified atom stereocenters. The predicted molar refractivity (Wildman–Crippen MR) is 107 cm³/mol. The fourth-order valence-corrected chi connectivity index (χ4v) is 5.19. The van der Waals surface area contributed by atoms with Crippen LogP contribution in [-0.2, 0) is 10.0 Å².